The third-order valence-corrected chi connectivity index (χ3v) is 3.68. The first-order valence-corrected chi connectivity index (χ1v) is 7.14. The Morgan fingerprint density at radius 2 is 1.95 bits per heavy atom. The first kappa shape index (κ1) is 16.6. The average molecular weight is 274 g/mol. The Bertz CT molecular complexity index is 488. The molecule has 1 aliphatic rings. The number of carbonyl (C=O) groups excluding carboxylic acids is 1. The zero-order chi connectivity index (χ0) is 15.3. The number of carbonyl (C=O) groups is 1. The van der Waals surface area contributed by atoms with Crippen LogP contribution in [0.1, 0.15) is 47.5 Å². The third-order valence-electron chi connectivity index (χ3n) is 3.68. The molecule has 0 unspecified atom stereocenters. The van der Waals surface area contributed by atoms with E-state index in [1.165, 1.54) is 11.1 Å². The van der Waals surface area contributed by atoms with Crippen LogP contribution in [0.4, 0.5) is 0 Å². The molecule has 0 aromatic heterocycles. The van der Waals surface area contributed by atoms with E-state index in [0.29, 0.717) is 0 Å². The van der Waals surface area contributed by atoms with Crippen molar-refractivity contribution >= 4 is 5.78 Å². The lowest BCUT2D eigenvalue weighted by Gasteiger charge is -2.35. The van der Waals surface area contributed by atoms with Gasteiger partial charge >= 0.3 is 0 Å². The van der Waals surface area contributed by atoms with E-state index < -0.39 is 0 Å². The van der Waals surface area contributed by atoms with Crippen molar-refractivity contribution in [3.05, 3.63) is 47.1 Å². The summed E-state index contributed by atoms with van der Waals surface area (Å²) in [5.74, 6) is 0.0546. The molecule has 0 spiro atoms. The summed E-state index contributed by atoms with van der Waals surface area (Å²) in [7, 11) is 0. The summed E-state index contributed by atoms with van der Waals surface area (Å²) in [6, 6.07) is 0. The summed E-state index contributed by atoms with van der Waals surface area (Å²) in [4.78, 5) is 10.8. The fraction of sp³-hybridized carbons (Fsp3) is 0.500. The molecule has 0 saturated heterocycles. The van der Waals surface area contributed by atoms with Crippen LogP contribution < -0.4 is 0 Å². The molecule has 20 heavy (non-hydrogen) atoms. The minimum atomic E-state index is -0.225. The van der Waals surface area contributed by atoms with E-state index in [-0.39, 0.29) is 17.3 Å². The Hall–Kier alpha value is -1.41. The van der Waals surface area contributed by atoms with Gasteiger partial charge in [0.05, 0.1) is 6.10 Å². The first-order chi connectivity index (χ1) is 9.22. The number of allylic oxidation sites excluding steroid dienone is 7. The van der Waals surface area contributed by atoms with Crippen LogP contribution in [0.3, 0.4) is 0 Å². The van der Waals surface area contributed by atoms with E-state index in [1.807, 2.05) is 13.0 Å². The number of hydrogen-bond acceptors (Lipinski definition) is 2. The van der Waals surface area contributed by atoms with Crippen molar-refractivity contribution in [3.8, 4) is 0 Å². The topological polar surface area (TPSA) is 37.3 Å². The second-order valence-electron chi connectivity index (χ2n) is 6.35. The zero-order valence-corrected chi connectivity index (χ0v) is 13.2. The van der Waals surface area contributed by atoms with E-state index in [2.05, 4.69) is 32.9 Å². The van der Waals surface area contributed by atoms with Crippen molar-refractivity contribution < 1.29 is 9.90 Å². The van der Waals surface area contributed by atoms with Crippen molar-refractivity contribution in [3.63, 3.8) is 0 Å². The highest BCUT2D eigenvalue weighted by Gasteiger charge is 2.31. The summed E-state index contributed by atoms with van der Waals surface area (Å²) >= 11 is 0. The molecular formula is C18H26O2. The summed E-state index contributed by atoms with van der Waals surface area (Å²) in [6.45, 7) is 10.0. The Morgan fingerprint density at radius 3 is 2.50 bits per heavy atom. The molecule has 0 heterocycles. The van der Waals surface area contributed by atoms with Crippen molar-refractivity contribution in [2.75, 3.05) is 0 Å². The number of hydrogen-bond donors (Lipinski definition) is 1. The van der Waals surface area contributed by atoms with E-state index >= 15 is 0 Å². The number of aliphatic hydroxyl groups is 1. The molecule has 0 fully saturated rings. The van der Waals surface area contributed by atoms with Gasteiger partial charge in [-0.25, -0.2) is 0 Å². The molecule has 0 saturated carbocycles. The normalized spacial score (nSPS) is 23.9. The smallest absolute Gasteiger partial charge is 0.152 e. The highest BCUT2D eigenvalue weighted by Crippen LogP contribution is 2.40. The quantitative estimate of drug-likeness (QED) is 0.618. The molecule has 0 radical (unpaired) electrons. The van der Waals surface area contributed by atoms with Crippen LogP contribution in [0, 0.1) is 5.41 Å². The van der Waals surface area contributed by atoms with Crippen molar-refractivity contribution in [2.45, 2.75) is 53.6 Å². The van der Waals surface area contributed by atoms with Gasteiger partial charge in [0.15, 0.2) is 5.78 Å². The van der Waals surface area contributed by atoms with Gasteiger partial charge in [-0.1, -0.05) is 49.3 Å². The van der Waals surface area contributed by atoms with Gasteiger partial charge in [-0.3, -0.25) is 4.79 Å². The lowest BCUT2D eigenvalue weighted by Crippen LogP contribution is -2.28. The number of rotatable bonds is 4. The predicted molar refractivity (Wildman–Crippen MR) is 84.4 cm³/mol. The Kier molecular flexibility index (Phi) is 5.70. The van der Waals surface area contributed by atoms with Gasteiger partial charge in [0.2, 0.25) is 0 Å². The lowest BCUT2D eigenvalue weighted by atomic mass is 9.71. The van der Waals surface area contributed by atoms with Gasteiger partial charge in [-0.05, 0) is 50.7 Å². The van der Waals surface area contributed by atoms with Gasteiger partial charge in [0.25, 0.3) is 0 Å². The second-order valence-corrected chi connectivity index (χ2v) is 6.35. The number of aliphatic hydroxyl groups excluding tert-OH is 1. The van der Waals surface area contributed by atoms with Crippen molar-refractivity contribution in [2.24, 2.45) is 5.41 Å². The molecule has 110 valence electrons. The molecule has 1 N–H and O–H groups in total. The molecule has 0 amide bonds. The molecule has 1 rings (SSSR count). The monoisotopic (exact) mass is 274 g/mol. The molecule has 0 aromatic rings. The zero-order valence-electron chi connectivity index (χ0n) is 13.2. The molecule has 0 aromatic carbocycles. The maximum Gasteiger partial charge on any atom is 0.152 e. The van der Waals surface area contributed by atoms with Crippen molar-refractivity contribution in [1.29, 1.82) is 0 Å². The third kappa shape index (κ3) is 4.93. The van der Waals surface area contributed by atoms with Crippen LogP contribution in [0.15, 0.2) is 47.1 Å². The average Bonchev–Trinajstić information content (AvgIpc) is 2.25. The Balaban J connectivity index is 2.88. The summed E-state index contributed by atoms with van der Waals surface area (Å²) in [5.41, 5.74) is 3.68. The SMILES string of the molecule is CC(=O)/C=C/C=C(C)\C=C\C1=C(C)C[C@@H](O)CC1(C)C. The van der Waals surface area contributed by atoms with Crippen LogP contribution in [0.25, 0.3) is 0 Å². The van der Waals surface area contributed by atoms with E-state index in [4.69, 9.17) is 0 Å². The molecule has 1 aliphatic carbocycles. The van der Waals surface area contributed by atoms with Gasteiger partial charge in [0.1, 0.15) is 0 Å². The van der Waals surface area contributed by atoms with E-state index in [9.17, 15) is 9.90 Å². The second kappa shape index (κ2) is 6.85. The fourth-order valence-corrected chi connectivity index (χ4v) is 2.79. The van der Waals surface area contributed by atoms with Gasteiger partial charge in [-0.2, -0.15) is 0 Å². The first-order valence-electron chi connectivity index (χ1n) is 7.14. The van der Waals surface area contributed by atoms with Gasteiger partial charge < -0.3 is 5.11 Å². The molecular weight excluding hydrogens is 248 g/mol. The standard InChI is InChI=1S/C18H26O2/c1-13(7-6-8-15(3)19)9-10-17-14(2)11-16(20)12-18(17,4)5/h6-10,16,20H,11-12H2,1-5H3/b8-6+,10-9+,13-7-/t16-/m1/s1. The molecule has 1 atom stereocenters. The lowest BCUT2D eigenvalue weighted by molar-refractivity contribution is -0.112. The number of ketones is 1. The predicted octanol–water partition coefficient (Wildman–Crippen LogP) is 4.13. The molecule has 0 bridgehead atoms. The molecule has 0 aliphatic heterocycles. The van der Waals surface area contributed by atoms with Crippen LogP contribution in [0.2, 0.25) is 0 Å². The van der Waals surface area contributed by atoms with Crippen LogP contribution in [-0.4, -0.2) is 17.0 Å². The fourth-order valence-electron chi connectivity index (χ4n) is 2.79. The Labute approximate surface area is 122 Å². The van der Waals surface area contributed by atoms with Crippen LogP contribution >= 0.6 is 0 Å². The summed E-state index contributed by atoms with van der Waals surface area (Å²) < 4.78 is 0. The van der Waals surface area contributed by atoms with Crippen molar-refractivity contribution in [1.82, 2.24) is 0 Å². The highest BCUT2D eigenvalue weighted by molar-refractivity contribution is 5.87. The summed E-state index contributed by atoms with van der Waals surface area (Å²) in [5, 5.41) is 9.87. The maximum absolute atomic E-state index is 10.8. The summed E-state index contributed by atoms with van der Waals surface area (Å²) in [6.07, 6.45) is 10.8. The maximum atomic E-state index is 10.8. The highest BCUT2D eigenvalue weighted by atomic mass is 16.3. The molecule has 2 heteroatoms. The van der Waals surface area contributed by atoms with Crippen LogP contribution in [-0.2, 0) is 4.79 Å². The minimum absolute atomic E-state index is 0.00769. The molecule has 2 nitrogen and oxygen atoms in total. The van der Waals surface area contributed by atoms with Gasteiger partial charge in [0, 0.05) is 0 Å². The largest absolute Gasteiger partial charge is 0.393 e. The van der Waals surface area contributed by atoms with E-state index in [1.54, 1.807) is 19.1 Å². The van der Waals surface area contributed by atoms with Gasteiger partial charge in [-0.15, -0.1) is 0 Å². The Morgan fingerprint density at radius 1 is 1.30 bits per heavy atom. The van der Waals surface area contributed by atoms with E-state index in [0.717, 1.165) is 18.4 Å². The minimum Gasteiger partial charge on any atom is -0.393 e. The van der Waals surface area contributed by atoms with Crippen LogP contribution in [0.5, 0.6) is 0 Å².